The van der Waals surface area contributed by atoms with Gasteiger partial charge in [-0.2, -0.15) is 0 Å². The molecule has 0 aliphatic carbocycles. The van der Waals surface area contributed by atoms with Crippen LogP contribution in [0.5, 0.6) is 0 Å². The van der Waals surface area contributed by atoms with Crippen LogP contribution >= 0.6 is 24.0 Å². The molecule has 0 radical (unpaired) electrons. The van der Waals surface area contributed by atoms with Crippen molar-refractivity contribution in [1.82, 2.24) is 9.55 Å². The largest absolute Gasteiger partial charge is 0.328 e. The second-order valence-corrected chi connectivity index (χ2v) is 4.86. The minimum atomic E-state index is 0. The topological polar surface area (TPSA) is 43.8 Å². The van der Waals surface area contributed by atoms with Gasteiger partial charge in [-0.25, -0.2) is 4.98 Å². The summed E-state index contributed by atoms with van der Waals surface area (Å²) in [7, 11) is 0. The number of fused-ring (bicyclic) bond motifs is 1. The lowest BCUT2D eigenvalue weighted by Crippen LogP contribution is -2.30. The van der Waals surface area contributed by atoms with Crippen LogP contribution in [-0.4, -0.2) is 15.6 Å². The maximum Gasteiger partial charge on any atom is 0.141 e. The van der Waals surface area contributed by atoms with Gasteiger partial charge in [0.25, 0.3) is 0 Å². The fourth-order valence-corrected chi connectivity index (χ4v) is 2.57. The van der Waals surface area contributed by atoms with Crippen molar-refractivity contribution in [3.63, 3.8) is 0 Å². The lowest BCUT2D eigenvalue weighted by molar-refractivity contribution is 0.475. The Hall–Kier alpha value is -1.03. The Labute approximate surface area is 117 Å². The zero-order valence-corrected chi connectivity index (χ0v) is 11.4. The van der Waals surface area contributed by atoms with Crippen molar-refractivity contribution in [2.45, 2.75) is 25.4 Å². The number of hydrogen-bond donors (Lipinski definition) is 1. The predicted octanol–water partition coefficient (Wildman–Crippen LogP) is 2.90. The zero-order valence-electron chi connectivity index (χ0n) is 9.84. The van der Waals surface area contributed by atoms with Gasteiger partial charge in [-0.1, -0.05) is 23.7 Å². The van der Waals surface area contributed by atoms with E-state index in [1.165, 1.54) is 5.69 Å². The second-order valence-electron chi connectivity index (χ2n) is 4.46. The van der Waals surface area contributed by atoms with Gasteiger partial charge in [-0.15, -0.1) is 12.4 Å². The molecule has 1 atom stereocenters. The quantitative estimate of drug-likeness (QED) is 0.875. The average molecular weight is 284 g/mol. The lowest BCUT2D eigenvalue weighted by Gasteiger charge is -2.22. The summed E-state index contributed by atoms with van der Waals surface area (Å²) in [6.45, 7) is 0.928. The van der Waals surface area contributed by atoms with Crippen LogP contribution in [0.2, 0.25) is 5.02 Å². The first kappa shape index (κ1) is 13.4. The average Bonchev–Trinajstić information content (AvgIpc) is 2.72. The van der Waals surface area contributed by atoms with Crippen molar-refractivity contribution in [2.75, 3.05) is 0 Å². The Morgan fingerprint density at radius 1 is 1.33 bits per heavy atom. The summed E-state index contributed by atoms with van der Waals surface area (Å²) in [5.41, 5.74) is 8.16. The SMILES string of the molecule is Cl.NC1CCn2c(cnc2-c2ccccc2Cl)C1. The number of nitrogens with two attached hydrogens (primary N) is 1. The Morgan fingerprint density at radius 2 is 2.11 bits per heavy atom. The number of halogens is 2. The van der Waals surface area contributed by atoms with E-state index in [2.05, 4.69) is 9.55 Å². The van der Waals surface area contributed by atoms with E-state index in [4.69, 9.17) is 17.3 Å². The van der Waals surface area contributed by atoms with Gasteiger partial charge in [0.05, 0.1) is 5.02 Å². The van der Waals surface area contributed by atoms with Gasteiger partial charge in [0.15, 0.2) is 0 Å². The number of nitrogens with zero attached hydrogens (tertiary/aromatic N) is 2. The first-order chi connectivity index (χ1) is 8.25. The van der Waals surface area contributed by atoms with Gasteiger partial charge < -0.3 is 10.3 Å². The number of aromatic nitrogens is 2. The summed E-state index contributed by atoms with van der Waals surface area (Å²) < 4.78 is 2.23. The molecular weight excluding hydrogens is 269 g/mol. The van der Waals surface area contributed by atoms with E-state index in [0.717, 1.165) is 35.8 Å². The molecule has 5 heteroatoms. The molecule has 96 valence electrons. The van der Waals surface area contributed by atoms with Gasteiger partial charge in [-0.05, 0) is 18.6 Å². The first-order valence-corrected chi connectivity index (χ1v) is 6.18. The highest BCUT2D eigenvalue weighted by molar-refractivity contribution is 6.33. The summed E-state index contributed by atoms with van der Waals surface area (Å²) in [4.78, 5) is 4.49. The molecule has 0 spiro atoms. The molecule has 1 aliphatic heterocycles. The van der Waals surface area contributed by atoms with Crippen LogP contribution in [0.15, 0.2) is 30.5 Å². The van der Waals surface area contributed by atoms with Crippen LogP contribution in [0.4, 0.5) is 0 Å². The number of benzene rings is 1. The fourth-order valence-electron chi connectivity index (χ4n) is 2.35. The summed E-state index contributed by atoms with van der Waals surface area (Å²) in [5, 5.41) is 0.746. The van der Waals surface area contributed by atoms with E-state index in [-0.39, 0.29) is 18.4 Å². The van der Waals surface area contributed by atoms with E-state index in [9.17, 15) is 0 Å². The molecule has 1 aromatic heterocycles. The van der Waals surface area contributed by atoms with E-state index in [0.29, 0.717) is 0 Å². The van der Waals surface area contributed by atoms with Gasteiger partial charge in [-0.3, -0.25) is 0 Å². The van der Waals surface area contributed by atoms with Crippen LogP contribution in [0.3, 0.4) is 0 Å². The fraction of sp³-hybridized carbons (Fsp3) is 0.308. The van der Waals surface area contributed by atoms with E-state index < -0.39 is 0 Å². The van der Waals surface area contributed by atoms with Crippen LogP contribution in [0.1, 0.15) is 12.1 Å². The molecule has 0 fully saturated rings. The van der Waals surface area contributed by atoms with Crippen molar-refractivity contribution in [3.8, 4) is 11.4 Å². The minimum absolute atomic E-state index is 0. The van der Waals surface area contributed by atoms with Crippen LogP contribution in [0.25, 0.3) is 11.4 Å². The molecule has 0 bridgehead atoms. The minimum Gasteiger partial charge on any atom is -0.328 e. The molecule has 2 heterocycles. The Morgan fingerprint density at radius 3 is 2.89 bits per heavy atom. The van der Waals surface area contributed by atoms with Crippen LogP contribution in [-0.2, 0) is 13.0 Å². The molecule has 0 saturated heterocycles. The van der Waals surface area contributed by atoms with E-state index >= 15 is 0 Å². The van der Waals surface area contributed by atoms with Crippen LogP contribution in [0, 0.1) is 0 Å². The molecular formula is C13H15Cl2N3. The van der Waals surface area contributed by atoms with Gasteiger partial charge in [0.1, 0.15) is 5.82 Å². The summed E-state index contributed by atoms with van der Waals surface area (Å²) in [6, 6.07) is 8.08. The molecule has 2 N–H and O–H groups in total. The Kier molecular flexibility index (Phi) is 3.95. The maximum atomic E-state index is 6.21. The number of rotatable bonds is 1. The van der Waals surface area contributed by atoms with Crippen molar-refractivity contribution >= 4 is 24.0 Å². The monoisotopic (exact) mass is 283 g/mol. The highest BCUT2D eigenvalue weighted by atomic mass is 35.5. The molecule has 0 amide bonds. The number of hydrogen-bond acceptors (Lipinski definition) is 2. The zero-order chi connectivity index (χ0) is 11.8. The predicted molar refractivity (Wildman–Crippen MR) is 76.2 cm³/mol. The molecule has 3 rings (SSSR count). The second kappa shape index (κ2) is 5.31. The molecule has 18 heavy (non-hydrogen) atoms. The Balaban J connectivity index is 0.00000120. The van der Waals surface area contributed by atoms with Crippen molar-refractivity contribution in [3.05, 3.63) is 41.2 Å². The van der Waals surface area contributed by atoms with Crippen molar-refractivity contribution in [1.29, 1.82) is 0 Å². The summed E-state index contributed by atoms with van der Waals surface area (Å²) in [5.74, 6) is 0.956. The van der Waals surface area contributed by atoms with E-state index in [1.54, 1.807) is 0 Å². The first-order valence-electron chi connectivity index (χ1n) is 5.80. The third kappa shape index (κ3) is 2.26. The molecule has 3 nitrogen and oxygen atoms in total. The third-order valence-corrected chi connectivity index (χ3v) is 3.58. The number of imidazole rings is 1. The molecule has 0 saturated carbocycles. The molecule has 2 aromatic rings. The summed E-state index contributed by atoms with van der Waals surface area (Å²) in [6.07, 6.45) is 3.82. The smallest absolute Gasteiger partial charge is 0.141 e. The van der Waals surface area contributed by atoms with Crippen LogP contribution < -0.4 is 5.73 Å². The van der Waals surface area contributed by atoms with E-state index in [1.807, 2.05) is 30.5 Å². The van der Waals surface area contributed by atoms with Crippen molar-refractivity contribution < 1.29 is 0 Å². The Bertz CT molecular complexity index is 551. The highest BCUT2D eigenvalue weighted by Gasteiger charge is 2.20. The molecule has 1 unspecified atom stereocenters. The standard InChI is InChI=1S/C13H14ClN3.ClH/c14-12-4-2-1-3-11(12)13-16-8-10-7-9(15)5-6-17(10)13;/h1-4,8-9H,5-7,15H2;1H. The normalized spacial score (nSPS) is 18.0. The van der Waals surface area contributed by atoms with Gasteiger partial charge >= 0.3 is 0 Å². The lowest BCUT2D eigenvalue weighted by atomic mass is 10.1. The molecule has 1 aromatic carbocycles. The highest BCUT2D eigenvalue weighted by Crippen LogP contribution is 2.29. The van der Waals surface area contributed by atoms with Gasteiger partial charge in [0.2, 0.25) is 0 Å². The molecule has 1 aliphatic rings. The van der Waals surface area contributed by atoms with Gasteiger partial charge in [0, 0.05) is 36.5 Å². The van der Waals surface area contributed by atoms with Crippen molar-refractivity contribution in [2.24, 2.45) is 5.73 Å². The third-order valence-electron chi connectivity index (χ3n) is 3.25. The summed E-state index contributed by atoms with van der Waals surface area (Å²) >= 11 is 6.21. The maximum absolute atomic E-state index is 6.21.